The Kier molecular flexibility index (Phi) is 10.9. The van der Waals surface area contributed by atoms with E-state index in [1.807, 2.05) is 6.08 Å². The lowest BCUT2D eigenvalue weighted by molar-refractivity contribution is -0.157. The highest BCUT2D eigenvalue weighted by Crippen LogP contribution is 2.37. The molecule has 34 heavy (non-hydrogen) atoms. The van der Waals surface area contributed by atoms with Gasteiger partial charge in [0, 0.05) is 0 Å². The molecule has 1 aromatic rings. The van der Waals surface area contributed by atoms with E-state index in [0.29, 0.717) is 11.8 Å². The number of hydrogen-bond donors (Lipinski definition) is 0. The van der Waals surface area contributed by atoms with Crippen LogP contribution < -0.4 is 0 Å². The standard InChI is InChI=1S/C30H40FNO2/c1-2-3-4-5-7-23-10-14-25(15-11-23)26-16-18-27(19-17-26)30(33)34-29-20-12-24(13-21-29)8-6-9-28(31)22-32/h6,8-11,14-15,24,26-27,29H,2-5,7,12-13,16-21H2,1H3/b8-6+,28-9?. The van der Waals surface area contributed by atoms with Crippen LogP contribution in [0.4, 0.5) is 4.39 Å². The maximum atomic E-state index is 12.9. The van der Waals surface area contributed by atoms with Crippen molar-refractivity contribution in [2.24, 2.45) is 11.8 Å². The summed E-state index contributed by atoms with van der Waals surface area (Å²) in [6, 6.07) is 10.7. The lowest BCUT2D eigenvalue weighted by Crippen LogP contribution is -2.29. The first-order valence-corrected chi connectivity index (χ1v) is 13.3. The first kappa shape index (κ1) is 26.2. The highest BCUT2D eigenvalue weighted by atomic mass is 19.1. The van der Waals surface area contributed by atoms with Crippen molar-refractivity contribution < 1.29 is 13.9 Å². The fraction of sp³-hybridized carbons (Fsp3) is 0.600. The molecule has 4 heteroatoms. The molecule has 184 valence electrons. The van der Waals surface area contributed by atoms with E-state index >= 15 is 0 Å². The van der Waals surface area contributed by atoms with E-state index in [4.69, 9.17) is 10.00 Å². The predicted molar refractivity (Wildman–Crippen MR) is 135 cm³/mol. The fourth-order valence-electron chi connectivity index (χ4n) is 5.37. The molecule has 0 atom stereocenters. The van der Waals surface area contributed by atoms with Crippen molar-refractivity contribution in [1.82, 2.24) is 0 Å². The number of esters is 1. The smallest absolute Gasteiger partial charge is 0.309 e. The van der Waals surface area contributed by atoms with Gasteiger partial charge < -0.3 is 4.74 Å². The van der Waals surface area contributed by atoms with E-state index in [2.05, 4.69) is 31.2 Å². The zero-order valence-corrected chi connectivity index (χ0v) is 20.7. The number of rotatable bonds is 10. The van der Waals surface area contributed by atoms with E-state index in [0.717, 1.165) is 51.4 Å². The summed E-state index contributed by atoms with van der Waals surface area (Å²) in [6.07, 6.45) is 18.7. The normalized spacial score (nSPS) is 25.7. The molecule has 0 spiro atoms. The summed E-state index contributed by atoms with van der Waals surface area (Å²) in [5.74, 6) is 0.157. The summed E-state index contributed by atoms with van der Waals surface area (Å²) >= 11 is 0. The molecule has 2 fully saturated rings. The zero-order valence-electron chi connectivity index (χ0n) is 20.7. The number of carbonyl (C=O) groups excluding carboxylic acids is 1. The van der Waals surface area contributed by atoms with Crippen LogP contribution in [0.15, 0.2) is 48.3 Å². The van der Waals surface area contributed by atoms with Crippen LogP contribution in [0.2, 0.25) is 0 Å². The summed E-state index contributed by atoms with van der Waals surface area (Å²) in [6.45, 7) is 2.25. The van der Waals surface area contributed by atoms with E-state index in [9.17, 15) is 9.18 Å². The van der Waals surface area contributed by atoms with Crippen LogP contribution in [0.5, 0.6) is 0 Å². The van der Waals surface area contributed by atoms with Gasteiger partial charge in [0.25, 0.3) is 0 Å². The number of halogens is 1. The maximum absolute atomic E-state index is 12.9. The third-order valence-electron chi connectivity index (χ3n) is 7.56. The minimum atomic E-state index is -0.775. The summed E-state index contributed by atoms with van der Waals surface area (Å²) in [7, 11) is 0. The summed E-state index contributed by atoms with van der Waals surface area (Å²) in [4.78, 5) is 12.7. The molecule has 0 aliphatic heterocycles. The average molecular weight is 466 g/mol. The molecule has 0 N–H and O–H groups in total. The second-order valence-electron chi connectivity index (χ2n) is 10.1. The van der Waals surface area contributed by atoms with Crippen LogP contribution in [0.25, 0.3) is 0 Å². The van der Waals surface area contributed by atoms with Crippen molar-refractivity contribution >= 4 is 5.97 Å². The van der Waals surface area contributed by atoms with Crippen LogP contribution in [0, 0.1) is 23.2 Å². The van der Waals surface area contributed by atoms with Crippen molar-refractivity contribution in [3.63, 3.8) is 0 Å². The van der Waals surface area contributed by atoms with Gasteiger partial charge in [0.2, 0.25) is 0 Å². The van der Waals surface area contributed by atoms with Gasteiger partial charge in [-0.25, -0.2) is 0 Å². The quantitative estimate of drug-likeness (QED) is 0.152. The minimum absolute atomic E-state index is 0.00568. The lowest BCUT2D eigenvalue weighted by atomic mass is 9.78. The number of carbonyl (C=O) groups is 1. The number of nitrogens with zero attached hydrogens (tertiary/aromatic N) is 1. The molecule has 0 amide bonds. The van der Waals surface area contributed by atoms with Crippen LogP contribution >= 0.6 is 0 Å². The minimum Gasteiger partial charge on any atom is -0.462 e. The molecule has 3 nitrogen and oxygen atoms in total. The molecule has 0 aromatic heterocycles. The topological polar surface area (TPSA) is 50.1 Å². The number of hydrogen-bond acceptors (Lipinski definition) is 3. The van der Waals surface area contributed by atoms with Crippen LogP contribution in [0.1, 0.15) is 101 Å². The number of benzene rings is 1. The highest BCUT2D eigenvalue weighted by molar-refractivity contribution is 5.72. The van der Waals surface area contributed by atoms with E-state index < -0.39 is 5.83 Å². The van der Waals surface area contributed by atoms with Crippen molar-refractivity contribution in [1.29, 1.82) is 5.26 Å². The average Bonchev–Trinajstić information content (AvgIpc) is 2.88. The van der Waals surface area contributed by atoms with Crippen molar-refractivity contribution in [3.05, 3.63) is 59.4 Å². The van der Waals surface area contributed by atoms with Gasteiger partial charge in [-0.15, -0.1) is 0 Å². The highest BCUT2D eigenvalue weighted by Gasteiger charge is 2.30. The molecule has 2 aliphatic carbocycles. The van der Waals surface area contributed by atoms with Gasteiger partial charge in [0.15, 0.2) is 5.83 Å². The third-order valence-corrected chi connectivity index (χ3v) is 7.56. The van der Waals surface area contributed by atoms with Gasteiger partial charge in [-0.1, -0.05) is 62.6 Å². The number of allylic oxidation sites excluding steroid dienone is 4. The second kappa shape index (κ2) is 14.1. The lowest BCUT2D eigenvalue weighted by Gasteiger charge is -2.31. The molecule has 3 rings (SSSR count). The number of unbranched alkanes of at least 4 members (excludes halogenated alkanes) is 3. The largest absolute Gasteiger partial charge is 0.462 e. The van der Waals surface area contributed by atoms with Crippen LogP contribution in [-0.4, -0.2) is 12.1 Å². The zero-order chi connectivity index (χ0) is 24.2. The van der Waals surface area contributed by atoms with Crippen LogP contribution in [-0.2, 0) is 16.0 Å². The fourth-order valence-corrected chi connectivity index (χ4v) is 5.37. The van der Waals surface area contributed by atoms with Crippen molar-refractivity contribution in [3.8, 4) is 6.07 Å². The first-order valence-electron chi connectivity index (χ1n) is 13.3. The predicted octanol–water partition coefficient (Wildman–Crippen LogP) is 8.12. The molecule has 0 bridgehead atoms. The first-order chi connectivity index (χ1) is 16.6. The molecule has 0 saturated heterocycles. The maximum Gasteiger partial charge on any atom is 0.309 e. The Morgan fingerprint density at radius 2 is 1.74 bits per heavy atom. The van der Waals surface area contributed by atoms with Gasteiger partial charge in [0.05, 0.1) is 5.92 Å². The Hall–Kier alpha value is -2.41. The van der Waals surface area contributed by atoms with E-state index in [1.54, 1.807) is 6.08 Å². The Morgan fingerprint density at radius 3 is 2.38 bits per heavy atom. The Labute approximate surface area is 205 Å². The number of nitriles is 1. The molecule has 1 aromatic carbocycles. The van der Waals surface area contributed by atoms with E-state index in [1.165, 1.54) is 55.4 Å². The Balaban J connectivity index is 1.36. The van der Waals surface area contributed by atoms with Gasteiger partial charge in [0.1, 0.15) is 12.2 Å². The van der Waals surface area contributed by atoms with Gasteiger partial charge in [-0.05, 0) is 93.2 Å². The SMILES string of the molecule is CCCCCCc1ccc(C2CCC(C(=O)OC3CCC(/C=C/C=C(F)C#N)CC3)CC2)cc1. The molecular formula is C30H40FNO2. The monoisotopic (exact) mass is 465 g/mol. The van der Waals surface area contributed by atoms with Crippen LogP contribution in [0.3, 0.4) is 0 Å². The summed E-state index contributed by atoms with van der Waals surface area (Å²) < 4.78 is 18.7. The summed E-state index contributed by atoms with van der Waals surface area (Å²) in [5, 5.41) is 8.44. The molecule has 0 heterocycles. The molecule has 0 unspecified atom stereocenters. The molecule has 2 aliphatic rings. The molecule has 0 radical (unpaired) electrons. The number of ether oxygens (including phenoxy) is 1. The third kappa shape index (κ3) is 8.42. The van der Waals surface area contributed by atoms with E-state index in [-0.39, 0.29) is 18.0 Å². The second-order valence-corrected chi connectivity index (χ2v) is 10.1. The molecule has 2 saturated carbocycles. The van der Waals surface area contributed by atoms with Gasteiger partial charge >= 0.3 is 5.97 Å². The van der Waals surface area contributed by atoms with Gasteiger partial charge in [-0.2, -0.15) is 9.65 Å². The molecular weight excluding hydrogens is 425 g/mol. The van der Waals surface area contributed by atoms with Crippen molar-refractivity contribution in [2.75, 3.05) is 0 Å². The number of aryl methyl sites for hydroxylation is 1. The van der Waals surface area contributed by atoms with Crippen molar-refractivity contribution in [2.45, 2.75) is 102 Å². The van der Waals surface area contributed by atoms with Gasteiger partial charge in [-0.3, -0.25) is 4.79 Å². The Bertz CT molecular complexity index is 851. The summed E-state index contributed by atoms with van der Waals surface area (Å²) in [5.41, 5.74) is 2.85. The Morgan fingerprint density at radius 1 is 1.03 bits per heavy atom.